The molecule has 1 saturated carbocycles. The van der Waals surface area contributed by atoms with Gasteiger partial charge in [0.2, 0.25) is 0 Å². The Morgan fingerprint density at radius 2 is 2.06 bits per heavy atom. The van der Waals surface area contributed by atoms with Gasteiger partial charge in [-0.2, -0.15) is 0 Å². The summed E-state index contributed by atoms with van der Waals surface area (Å²) in [6, 6.07) is 8.44. The molecule has 1 aromatic rings. The average molecular weight is 283 g/mol. The highest BCUT2D eigenvalue weighted by Crippen LogP contribution is 2.55. The van der Waals surface area contributed by atoms with Crippen LogP contribution in [0.25, 0.3) is 0 Å². The van der Waals surface area contributed by atoms with Gasteiger partial charge in [-0.05, 0) is 48.3 Å². The molecule has 1 aromatic carbocycles. The van der Waals surface area contributed by atoms with E-state index in [1.54, 1.807) is 7.11 Å². The molecule has 0 saturated heterocycles. The van der Waals surface area contributed by atoms with E-state index in [2.05, 4.69) is 35.0 Å². The van der Waals surface area contributed by atoms with Crippen molar-refractivity contribution in [2.24, 2.45) is 11.3 Å². The molecule has 0 amide bonds. The second-order valence-corrected chi connectivity index (χ2v) is 5.70. The maximum Gasteiger partial charge on any atom is 0.118 e. The molecular weight excluding hydrogens is 264 g/mol. The number of hydrogen-bond donors (Lipinski definition) is 0. The van der Waals surface area contributed by atoms with Crippen molar-refractivity contribution in [3.05, 3.63) is 29.8 Å². The molecule has 1 aliphatic carbocycles. The van der Waals surface area contributed by atoms with Crippen molar-refractivity contribution in [2.45, 2.75) is 26.2 Å². The van der Waals surface area contributed by atoms with Crippen LogP contribution in [0, 0.1) is 11.3 Å². The van der Waals surface area contributed by atoms with Crippen LogP contribution < -0.4 is 4.74 Å². The van der Waals surface area contributed by atoms with Crippen LogP contribution in [0.4, 0.5) is 0 Å². The smallest absolute Gasteiger partial charge is 0.118 e. The molecule has 0 aliphatic heterocycles. The molecule has 0 N–H and O–H groups in total. The maximum absolute atomic E-state index is 5.16. The third kappa shape index (κ3) is 2.60. The lowest BCUT2D eigenvalue weighted by molar-refractivity contribution is 0.414. The highest BCUT2D eigenvalue weighted by molar-refractivity contribution is 9.09. The Hall–Kier alpha value is -0.500. The molecule has 0 heterocycles. The predicted octanol–water partition coefficient (Wildman–Crippen LogP) is 4.05. The zero-order valence-electron chi connectivity index (χ0n) is 10.0. The average Bonchev–Trinajstić information content (AvgIpc) is 2.99. The number of hydrogen-bond acceptors (Lipinski definition) is 1. The lowest BCUT2D eigenvalue weighted by atomic mass is 9.97. The molecule has 0 bridgehead atoms. The van der Waals surface area contributed by atoms with E-state index in [9.17, 15) is 0 Å². The van der Waals surface area contributed by atoms with Crippen LogP contribution in [0.2, 0.25) is 0 Å². The van der Waals surface area contributed by atoms with E-state index in [-0.39, 0.29) is 0 Å². The number of ether oxygens (including phenoxy) is 1. The zero-order chi connectivity index (χ0) is 11.6. The summed E-state index contributed by atoms with van der Waals surface area (Å²) in [7, 11) is 1.71. The van der Waals surface area contributed by atoms with Gasteiger partial charge in [0.05, 0.1) is 7.11 Å². The Morgan fingerprint density at radius 1 is 1.38 bits per heavy atom. The van der Waals surface area contributed by atoms with Gasteiger partial charge in [-0.25, -0.2) is 0 Å². The Labute approximate surface area is 106 Å². The van der Waals surface area contributed by atoms with E-state index in [4.69, 9.17) is 4.74 Å². The van der Waals surface area contributed by atoms with Gasteiger partial charge in [0.15, 0.2) is 0 Å². The largest absolute Gasteiger partial charge is 0.497 e. The van der Waals surface area contributed by atoms with Crippen LogP contribution in [-0.4, -0.2) is 12.4 Å². The summed E-state index contributed by atoms with van der Waals surface area (Å²) in [5.74, 6) is 1.84. The minimum Gasteiger partial charge on any atom is -0.497 e. The standard InChI is InChI=1S/C14H19BrO/c1-14(9-12(14)10-15)8-7-11-3-5-13(16-2)6-4-11/h3-6,12H,7-10H2,1-2H3. The predicted molar refractivity (Wildman–Crippen MR) is 71.3 cm³/mol. The van der Waals surface area contributed by atoms with Crippen molar-refractivity contribution in [1.29, 1.82) is 0 Å². The quantitative estimate of drug-likeness (QED) is 0.741. The van der Waals surface area contributed by atoms with Gasteiger partial charge in [0.1, 0.15) is 5.75 Å². The summed E-state index contributed by atoms with van der Waals surface area (Å²) >= 11 is 3.58. The molecule has 1 nitrogen and oxygen atoms in total. The molecule has 16 heavy (non-hydrogen) atoms. The number of benzene rings is 1. The third-order valence-electron chi connectivity index (χ3n) is 3.87. The fourth-order valence-electron chi connectivity index (χ4n) is 2.27. The SMILES string of the molecule is COc1ccc(CCC2(C)CC2CBr)cc1. The van der Waals surface area contributed by atoms with E-state index < -0.39 is 0 Å². The number of halogens is 1. The molecule has 2 heteroatoms. The first-order chi connectivity index (χ1) is 7.68. The van der Waals surface area contributed by atoms with Crippen LogP contribution in [-0.2, 0) is 6.42 Å². The van der Waals surface area contributed by atoms with Gasteiger partial charge in [0.25, 0.3) is 0 Å². The highest BCUT2D eigenvalue weighted by atomic mass is 79.9. The molecule has 0 aromatic heterocycles. The molecule has 2 atom stereocenters. The van der Waals surface area contributed by atoms with Crippen LogP contribution in [0.15, 0.2) is 24.3 Å². The molecule has 2 rings (SSSR count). The number of alkyl halides is 1. The van der Waals surface area contributed by atoms with Crippen molar-refractivity contribution in [3.63, 3.8) is 0 Å². The molecule has 88 valence electrons. The van der Waals surface area contributed by atoms with E-state index in [0.29, 0.717) is 5.41 Å². The van der Waals surface area contributed by atoms with Gasteiger partial charge < -0.3 is 4.74 Å². The van der Waals surface area contributed by atoms with Crippen molar-refractivity contribution >= 4 is 15.9 Å². The number of methoxy groups -OCH3 is 1. The lowest BCUT2D eigenvalue weighted by Gasteiger charge is -2.10. The minimum absolute atomic E-state index is 0.587. The summed E-state index contributed by atoms with van der Waals surface area (Å²) in [6.07, 6.45) is 3.87. The van der Waals surface area contributed by atoms with Crippen molar-refractivity contribution in [1.82, 2.24) is 0 Å². The molecule has 1 aliphatic rings. The molecule has 0 radical (unpaired) electrons. The molecular formula is C14H19BrO. The number of rotatable bonds is 5. The fourth-order valence-corrected chi connectivity index (χ4v) is 3.28. The first-order valence-corrected chi connectivity index (χ1v) is 6.99. The van der Waals surface area contributed by atoms with Gasteiger partial charge in [-0.3, -0.25) is 0 Å². The summed E-state index contributed by atoms with van der Waals surface area (Å²) in [4.78, 5) is 0. The third-order valence-corrected chi connectivity index (χ3v) is 4.65. The molecule has 1 fully saturated rings. The second-order valence-electron chi connectivity index (χ2n) is 5.06. The summed E-state index contributed by atoms with van der Waals surface area (Å²) in [6.45, 7) is 2.41. The Balaban J connectivity index is 1.86. The number of aryl methyl sites for hydroxylation is 1. The topological polar surface area (TPSA) is 9.23 Å². The van der Waals surface area contributed by atoms with Crippen LogP contribution in [0.1, 0.15) is 25.3 Å². The zero-order valence-corrected chi connectivity index (χ0v) is 11.6. The van der Waals surface area contributed by atoms with Gasteiger partial charge in [0, 0.05) is 5.33 Å². The Morgan fingerprint density at radius 3 is 2.56 bits per heavy atom. The van der Waals surface area contributed by atoms with Crippen LogP contribution in [0.3, 0.4) is 0 Å². The van der Waals surface area contributed by atoms with Crippen molar-refractivity contribution < 1.29 is 4.74 Å². The maximum atomic E-state index is 5.16. The van der Waals surface area contributed by atoms with Gasteiger partial charge in [-0.1, -0.05) is 35.0 Å². The van der Waals surface area contributed by atoms with E-state index in [1.165, 1.54) is 24.8 Å². The lowest BCUT2D eigenvalue weighted by Crippen LogP contribution is -2.01. The first-order valence-electron chi connectivity index (χ1n) is 5.87. The first kappa shape index (κ1) is 12.0. The second kappa shape index (κ2) is 4.79. The Bertz CT molecular complexity index is 346. The van der Waals surface area contributed by atoms with Crippen LogP contribution in [0.5, 0.6) is 5.75 Å². The molecule has 2 unspecified atom stereocenters. The van der Waals surface area contributed by atoms with Gasteiger partial charge in [-0.15, -0.1) is 0 Å². The van der Waals surface area contributed by atoms with Crippen molar-refractivity contribution in [2.75, 3.05) is 12.4 Å². The Kier molecular flexibility index (Phi) is 3.58. The van der Waals surface area contributed by atoms with Crippen molar-refractivity contribution in [3.8, 4) is 5.75 Å². The van der Waals surface area contributed by atoms with E-state index in [1.807, 2.05) is 12.1 Å². The summed E-state index contributed by atoms with van der Waals surface area (Å²) in [5.41, 5.74) is 2.01. The van der Waals surface area contributed by atoms with Gasteiger partial charge >= 0.3 is 0 Å². The minimum atomic E-state index is 0.587. The van der Waals surface area contributed by atoms with E-state index in [0.717, 1.165) is 17.0 Å². The fraction of sp³-hybridized carbons (Fsp3) is 0.571. The monoisotopic (exact) mass is 282 g/mol. The molecule has 0 spiro atoms. The summed E-state index contributed by atoms with van der Waals surface area (Å²) < 4.78 is 5.16. The van der Waals surface area contributed by atoms with Crippen LogP contribution >= 0.6 is 15.9 Å². The highest BCUT2D eigenvalue weighted by Gasteiger charge is 2.47. The van der Waals surface area contributed by atoms with E-state index >= 15 is 0 Å². The normalized spacial score (nSPS) is 27.8. The summed E-state index contributed by atoms with van der Waals surface area (Å²) in [5, 5.41) is 1.16.